The Bertz CT molecular complexity index is 404. The second kappa shape index (κ2) is 2.86. The summed E-state index contributed by atoms with van der Waals surface area (Å²) in [5.74, 6) is 0. The van der Waals surface area contributed by atoms with Gasteiger partial charge >= 0.3 is 0 Å². The number of pyridine rings is 1. The summed E-state index contributed by atoms with van der Waals surface area (Å²) in [6.45, 7) is 0. The van der Waals surface area contributed by atoms with E-state index in [1.165, 1.54) is 6.07 Å². The first-order valence-corrected chi connectivity index (χ1v) is 3.81. The lowest BCUT2D eigenvalue weighted by Crippen LogP contribution is -2.00. The molecule has 3 N–H and O–H groups in total. The Morgan fingerprint density at radius 1 is 1.27 bits per heavy atom. The standard InChI is InChI=1S/C7H5NOS.H2O/c9-6-2-1-5-3-4-10-7(5)8-6;/h1-4H,(H,8,9);1H2. The zero-order chi connectivity index (χ0) is 6.97. The Labute approximate surface area is 66.6 Å². The Balaban J connectivity index is 0.000000605. The molecule has 2 aromatic rings. The average Bonchev–Trinajstić information content (AvgIpc) is 2.33. The molecule has 0 atom stereocenters. The van der Waals surface area contributed by atoms with Crippen molar-refractivity contribution in [3.05, 3.63) is 33.9 Å². The minimum absolute atomic E-state index is 0. The van der Waals surface area contributed by atoms with Crippen molar-refractivity contribution in [2.45, 2.75) is 0 Å². The number of hydrogen-bond donors (Lipinski definition) is 1. The van der Waals surface area contributed by atoms with Crippen molar-refractivity contribution in [2.75, 3.05) is 0 Å². The molecule has 0 bridgehead atoms. The second-order valence-corrected chi connectivity index (χ2v) is 2.94. The van der Waals surface area contributed by atoms with Crippen LogP contribution in [0.25, 0.3) is 10.2 Å². The van der Waals surface area contributed by atoms with Crippen molar-refractivity contribution in [3.8, 4) is 0 Å². The van der Waals surface area contributed by atoms with Crippen LogP contribution in [0, 0.1) is 0 Å². The van der Waals surface area contributed by atoms with Crippen LogP contribution in [0.5, 0.6) is 0 Å². The molecule has 0 saturated heterocycles. The van der Waals surface area contributed by atoms with Crippen molar-refractivity contribution >= 4 is 21.6 Å². The van der Waals surface area contributed by atoms with E-state index < -0.39 is 0 Å². The fourth-order valence-electron chi connectivity index (χ4n) is 0.871. The quantitative estimate of drug-likeness (QED) is 0.621. The Morgan fingerprint density at radius 3 is 2.91 bits per heavy atom. The summed E-state index contributed by atoms with van der Waals surface area (Å²) in [6.07, 6.45) is 0. The summed E-state index contributed by atoms with van der Waals surface area (Å²) in [5, 5.41) is 3.06. The van der Waals surface area contributed by atoms with E-state index in [1.807, 2.05) is 17.5 Å². The highest BCUT2D eigenvalue weighted by Crippen LogP contribution is 2.14. The van der Waals surface area contributed by atoms with E-state index in [2.05, 4.69) is 4.98 Å². The van der Waals surface area contributed by atoms with Crippen LogP contribution in [0.1, 0.15) is 0 Å². The highest BCUT2D eigenvalue weighted by atomic mass is 32.1. The van der Waals surface area contributed by atoms with Crippen LogP contribution in [0.4, 0.5) is 0 Å². The van der Waals surface area contributed by atoms with E-state index in [1.54, 1.807) is 11.3 Å². The van der Waals surface area contributed by atoms with Crippen LogP contribution in [0.15, 0.2) is 28.4 Å². The number of hydrogen-bond acceptors (Lipinski definition) is 2. The molecule has 0 aromatic carbocycles. The van der Waals surface area contributed by atoms with Gasteiger partial charge in [-0.25, -0.2) is 0 Å². The summed E-state index contributed by atoms with van der Waals surface area (Å²) >= 11 is 1.55. The van der Waals surface area contributed by atoms with Crippen molar-refractivity contribution in [1.29, 1.82) is 0 Å². The zero-order valence-corrected chi connectivity index (χ0v) is 6.44. The van der Waals surface area contributed by atoms with Crippen LogP contribution in [0.2, 0.25) is 0 Å². The normalized spacial score (nSPS) is 9.45. The van der Waals surface area contributed by atoms with E-state index in [0.717, 1.165) is 10.2 Å². The van der Waals surface area contributed by atoms with E-state index in [0.29, 0.717) is 0 Å². The molecule has 0 radical (unpaired) electrons. The van der Waals surface area contributed by atoms with Gasteiger partial charge in [0, 0.05) is 11.5 Å². The zero-order valence-electron chi connectivity index (χ0n) is 5.63. The molecule has 11 heavy (non-hydrogen) atoms. The third-order valence-electron chi connectivity index (χ3n) is 1.35. The Hall–Kier alpha value is -1.13. The van der Waals surface area contributed by atoms with Gasteiger partial charge in [-0.05, 0) is 17.5 Å². The van der Waals surface area contributed by atoms with Gasteiger partial charge in [0.25, 0.3) is 0 Å². The van der Waals surface area contributed by atoms with Gasteiger partial charge in [0.05, 0.1) is 0 Å². The molecule has 0 amide bonds. The molecule has 0 aliphatic rings. The molecule has 2 heterocycles. The fraction of sp³-hybridized carbons (Fsp3) is 0. The molecule has 0 aliphatic carbocycles. The maximum Gasteiger partial charge on any atom is 0.249 e. The van der Waals surface area contributed by atoms with Crippen molar-refractivity contribution < 1.29 is 5.48 Å². The van der Waals surface area contributed by atoms with Crippen LogP contribution >= 0.6 is 11.3 Å². The lowest BCUT2D eigenvalue weighted by atomic mass is 10.3. The summed E-state index contributed by atoms with van der Waals surface area (Å²) in [4.78, 5) is 14.4. The van der Waals surface area contributed by atoms with Gasteiger partial charge in [-0.1, -0.05) is 0 Å². The van der Waals surface area contributed by atoms with Gasteiger partial charge in [0.1, 0.15) is 4.83 Å². The summed E-state index contributed by atoms with van der Waals surface area (Å²) in [6, 6.07) is 5.34. The third kappa shape index (κ3) is 1.31. The summed E-state index contributed by atoms with van der Waals surface area (Å²) in [5.41, 5.74) is -0.0325. The Kier molecular flexibility index (Phi) is 2.07. The maximum atomic E-state index is 10.7. The molecule has 0 saturated carbocycles. The number of rotatable bonds is 0. The predicted molar refractivity (Wildman–Crippen MR) is 46.1 cm³/mol. The van der Waals surface area contributed by atoms with Gasteiger partial charge < -0.3 is 10.5 Å². The number of aromatic amines is 1. The monoisotopic (exact) mass is 169 g/mol. The predicted octanol–water partition coefficient (Wildman–Crippen LogP) is 0.765. The summed E-state index contributed by atoms with van der Waals surface area (Å²) in [7, 11) is 0. The van der Waals surface area contributed by atoms with Gasteiger partial charge in [-0.15, -0.1) is 11.3 Å². The first-order chi connectivity index (χ1) is 4.86. The molecule has 58 valence electrons. The van der Waals surface area contributed by atoms with Crippen LogP contribution < -0.4 is 5.56 Å². The average molecular weight is 169 g/mol. The van der Waals surface area contributed by atoms with Gasteiger partial charge in [0.2, 0.25) is 5.56 Å². The van der Waals surface area contributed by atoms with Crippen molar-refractivity contribution in [3.63, 3.8) is 0 Å². The smallest absolute Gasteiger partial charge is 0.249 e. The molecular formula is C7H7NO2S. The van der Waals surface area contributed by atoms with E-state index in [9.17, 15) is 4.79 Å². The van der Waals surface area contributed by atoms with Gasteiger partial charge in [-0.3, -0.25) is 4.79 Å². The number of nitrogens with one attached hydrogen (secondary N) is 1. The van der Waals surface area contributed by atoms with Gasteiger partial charge in [0.15, 0.2) is 0 Å². The third-order valence-corrected chi connectivity index (χ3v) is 2.19. The minimum atomic E-state index is -0.0325. The minimum Gasteiger partial charge on any atom is -0.412 e. The molecule has 2 rings (SSSR count). The van der Waals surface area contributed by atoms with Crippen LogP contribution in [-0.4, -0.2) is 10.5 Å². The Morgan fingerprint density at radius 2 is 2.09 bits per heavy atom. The van der Waals surface area contributed by atoms with Crippen molar-refractivity contribution in [1.82, 2.24) is 4.98 Å². The first-order valence-electron chi connectivity index (χ1n) is 2.93. The molecule has 0 unspecified atom stereocenters. The topological polar surface area (TPSA) is 64.4 Å². The molecule has 2 aromatic heterocycles. The first kappa shape index (κ1) is 7.97. The van der Waals surface area contributed by atoms with Crippen LogP contribution in [-0.2, 0) is 0 Å². The largest absolute Gasteiger partial charge is 0.412 e. The molecule has 3 nitrogen and oxygen atoms in total. The van der Waals surface area contributed by atoms with E-state index >= 15 is 0 Å². The van der Waals surface area contributed by atoms with E-state index in [4.69, 9.17) is 0 Å². The number of thiophene rings is 1. The van der Waals surface area contributed by atoms with E-state index in [-0.39, 0.29) is 11.0 Å². The van der Waals surface area contributed by atoms with Crippen molar-refractivity contribution in [2.24, 2.45) is 0 Å². The highest BCUT2D eigenvalue weighted by molar-refractivity contribution is 7.16. The fourth-order valence-corrected chi connectivity index (χ4v) is 1.65. The lowest BCUT2D eigenvalue weighted by Gasteiger charge is -1.83. The highest BCUT2D eigenvalue weighted by Gasteiger charge is 1.91. The molecule has 0 spiro atoms. The number of fused-ring (bicyclic) bond motifs is 1. The maximum absolute atomic E-state index is 10.7. The van der Waals surface area contributed by atoms with Crippen LogP contribution in [0.3, 0.4) is 0 Å². The van der Waals surface area contributed by atoms with Gasteiger partial charge in [-0.2, -0.15) is 0 Å². The lowest BCUT2D eigenvalue weighted by molar-refractivity contribution is 0.824. The molecule has 0 aliphatic heterocycles. The number of H-pyrrole nitrogens is 1. The molecule has 0 fully saturated rings. The SMILES string of the molecule is O.O=c1ccc2ccsc2[nH]1. The number of aromatic nitrogens is 1. The summed E-state index contributed by atoms with van der Waals surface area (Å²) < 4.78 is 0. The second-order valence-electron chi connectivity index (χ2n) is 2.03. The molecule has 4 heteroatoms. The molecular weight excluding hydrogens is 162 g/mol.